The van der Waals surface area contributed by atoms with Gasteiger partial charge in [0.25, 0.3) is 0 Å². The Morgan fingerprint density at radius 2 is 2.08 bits per heavy atom. The van der Waals surface area contributed by atoms with E-state index in [1.807, 2.05) is 6.07 Å². The Balaban J connectivity index is 2.66. The first-order chi connectivity index (χ1) is 6.02. The molecule has 0 aromatic heterocycles. The summed E-state index contributed by atoms with van der Waals surface area (Å²) in [6, 6.07) is 6.29. The molecule has 1 aromatic carbocycles. The van der Waals surface area contributed by atoms with Crippen molar-refractivity contribution in [1.29, 1.82) is 0 Å². The zero-order chi connectivity index (χ0) is 9.64. The topological polar surface area (TPSA) is 26.0 Å². The molecule has 1 aromatic rings. The van der Waals surface area contributed by atoms with Gasteiger partial charge in [-0.2, -0.15) is 0 Å². The molecule has 2 N–H and O–H groups in total. The van der Waals surface area contributed by atoms with Crippen molar-refractivity contribution < 1.29 is 0 Å². The third-order valence-electron chi connectivity index (χ3n) is 3.15. The van der Waals surface area contributed by atoms with Crippen LogP contribution in [0.5, 0.6) is 0 Å². The normalized spacial score (nSPS) is 24.4. The van der Waals surface area contributed by atoms with Crippen LogP contribution in [-0.4, -0.2) is 0 Å². The van der Waals surface area contributed by atoms with Crippen molar-refractivity contribution in [3.63, 3.8) is 0 Å². The van der Waals surface area contributed by atoms with E-state index in [1.54, 1.807) is 0 Å². The van der Waals surface area contributed by atoms with Crippen LogP contribution in [0, 0.1) is 0 Å². The zero-order valence-electron chi connectivity index (χ0n) is 8.59. The van der Waals surface area contributed by atoms with Gasteiger partial charge < -0.3 is 5.73 Å². The molecule has 0 fully saturated rings. The minimum atomic E-state index is 0.264. The third kappa shape index (κ3) is 1.14. The van der Waals surface area contributed by atoms with Crippen molar-refractivity contribution in [2.45, 2.75) is 38.5 Å². The van der Waals surface area contributed by atoms with E-state index in [2.05, 4.69) is 32.9 Å². The summed E-state index contributed by atoms with van der Waals surface area (Å²) in [4.78, 5) is 0. The van der Waals surface area contributed by atoms with Gasteiger partial charge in [0.05, 0.1) is 0 Å². The summed E-state index contributed by atoms with van der Waals surface area (Å²) in [5, 5.41) is 0. The quantitative estimate of drug-likeness (QED) is 0.602. The SMILES string of the molecule is CC1CC(C)(C)c2c(N)cccc21. The number of hydrogen-bond acceptors (Lipinski definition) is 1. The summed E-state index contributed by atoms with van der Waals surface area (Å²) in [5.74, 6) is 0.661. The van der Waals surface area contributed by atoms with Crippen LogP contribution in [0.25, 0.3) is 0 Å². The van der Waals surface area contributed by atoms with Crippen molar-refractivity contribution in [3.05, 3.63) is 29.3 Å². The van der Waals surface area contributed by atoms with Crippen LogP contribution < -0.4 is 5.73 Å². The van der Waals surface area contributed by atoms with E-state index in [0.717, 1.165) is 5.69 Å². The molecular weight excluding hydrogens is 158 g/mol. The molecule has 1 atom stereocenters. The number of fused-ring (bicyclic) bond motifs is 1. The molecule has 1 aliphatic rings. The van der Waals surface area contributed by atoms with Crippen LogP contribution in [0.15, 0.2) is 18.2 Å². The van der Waals surface area contributed by atoms with E-state index >= 15 is 0 Å². The largest absolute Gasteiger partial charge is 0.398 e. The van der Waals surface area contributed by atoms with Gasteiger partial charge in [0, 0.05) is 5.69 Å². The van der Waals surface area contributed by atoms with E-state index in [4.69, 9.17) is 5.73 Å². The number of anilines is 1. The fourth-order valence-electron chi connectivity index (χ4n) is 2.76. The smallest absolute Gasteiger partial charge is 0.0354 e. The molecule has 0 saturated heterocycles. The molecule has 1 nitrogen and oxygen atoms in total. The Kier molecular flexibility index (Phi) is 1.66. The summed E-state index contributed by atoms with van der Waals surface area (Å²) in [6.07, 6.45) is 1.22. The molecule has 0 spiro atoms. The molecule has 1 heteroatoms. The average Bonchev–Trinajstić information content (AvgIpc) is 2.24. The van der Waals surface area contributed by atoms with Crippen molar-refractivity contribution in [2.75, 3.05) is 5.73 Å². The first kappa shape index (κ1) is 8.61. The fraction of sp³-hybridized carbons (Fsp3) is 0.500. The van der Waals surface area contributed by atoms with Crippen LogP contribution >= 0.6 is 0 Å². The Bertz CT molecular complexity index is 339. The minimum absolute atomic E-state index is 0.264. The lowest BCUT2D eigenvalue weighted by atomic mass is 9.85. The Morgan fingerprint density at radius 1 is 1.38 bits per heavy atom. The lowest BCUT2D eigenvalue weighted by molar-refractivity contribution is 0.490. The molecular formula is C12H17N. The molecule has 13 heavy (non-hydrogen) atoms. The number of rotatable bonds is 0. The monoisotopic (exact) mass is 175 g/mol. The maximum absolute atomic E-state index is 6.01. The molecule has 0 bridgehead atoms. The van der Waals surface area contributed by atoms with Gasteiger partial charge in [-0.05, 0) is 34.9 Å². The zero-order valence-corrected chi connectivity index (χ0v) is 8.59. The lowest BCUT2D eigenvalue weighted by Crippen LogP contribution is -2.14. The summed E-state index contributed by atoms with van der Waals surface area (Å²) >= 11 is 0. The standard InChI is InChI=1S/C12H17N/c1-8-7-12(2,3)11-9(8)5-4-6-10(11)13/h4-6,8H,7,13H2,1-3H3. The molecule has 0 aliphatic heterocycles. The predicted octanol–water partition coefficient (Wildman–Crippen LogP) is 3.05. The van der Waals surface area contributed by atoms with Gasteiger partial charge in [-0.25, -0.2) is 0 Å². The van der Waals surface area contributed by atoms with Gasteiger partial charge in [0.1, 0.15) is 0 Å². The van der Waals surface area contributed by atoms with Crippen LogP contribution in [0.1, 0.15) is 44.2 Å². The highest BCUT2D eigenvalue weighted by Gasteiger charge is 2.35. The van der Waals surface area contributed by atoms with Crippen molar-refractivity contribution in [3.8, 4) is 0 Å². The van der Waals surface area contributed by atoms with Gasteiger partial charge in [0.15, 0.2) is 0 Å². The molecule has 0 amide bonds. The van der Waals surface area contributed by atoms with Gasteiger partial charge in [0.2, 0.25) is 0 Å². The molecule has 2 rings (SSSR count). The second-order valence-electron chi connectivity index (χ2n) is 4.80. The minimum Gasteiger partial charge on any atom is -0.398 e. The van der Waals surface area contributed by atoms with Gasteiger partial charge in [-0.3, -0.25) is 0 Å². The fourth-order valence-corrected chi connectivity index (χ4v) is 2.76. The van der Waals surface area contributed by atoms with E-state index < -0.39 is 0 Å². The lowest BCUT2D eigenvalue weighted by Gasteiger charge is -2.20. The van der Waals surface area contributed by atoms with Gasteiger partial charge in [-0.1, -0.05) is 32.9 Å². The van der Waals surface area contributed by atoms with E-state index in [-0.39, 0.29) is 5.41 Å². The van der Waals surface area contributed by atoms with E-state index in [1.165, 1.54) is 17.5 Å². The number of nitrogens with two attached hydrogens (primary N) is 1. The first-order valence-corrected chi connectivity index (χ1v) is 4.91. The second kappa shape index (κ2) is 2.50. The van der Waals surface area contributed by atoms with Crippen molar-refractivity contribution >= 4 is 5.69 Å². The third-order valence-corrected chi connectivity index (χ3v) is 3.15. The Morgan fingerprint density at radius 3 is 2.69 bits per heavy atom. The molecule has 70 valence electrons. The average molecular weight is 175 g/mol. The molecule has 0 saturated carbocycles. The van der Waals surface area contributed by atoms with Crippen LogP contribution in [-0.2, 0) is 5.41 Å². The highest BCUT2D eigenvalue weighted by Crippen LogP contribution is 2.47. The predicted molar refractivity (Wildman–Crippen MR) is 56.9 cm³/mol. The van der Waals surface area contributed by atoms with Crippen LogP contribution in [0.2, 0.25) is 0 Å². The Hall–Kier alpha value is -0.980. The highest BCUT2D eigenvalue weighted by atomic mass is 14.6. The summed E-state index contributed by atoms with van der Waals surface area (Å²) in [5.41, 5.74) is 10.1. The van der Waals surface area contributed by atoms with Gasteiger partial charge >= 0.3 is 0 Å². The molecule has 0 radical (unpaired) electrons. The van der Waals surface area contributed by atoms with Crippen molar-refractivity contribution in [1.82, 2.24) is 0 Å². The summed E-state index contributed by atoms with van der Waals surface area (Å²) < 4.78 is 0. The summed E-state index contributed by atoms with van der Waals surface area (Å²) in [7, 11) is 0. The highest BCUT2D eigenvalue weighted by molar-refractivity contribution is 5.58. The molecule has 1 unspecified atom stereocenters. The van der Waals surface area contributed by atoms with Crippen LogP contribution in [0.4, 0.5) is 5.69 Å². The van der Waals surface area contributed by atoms with E-state index in [0.29, 0.717) is 5.92 Å². The van der Waals surface area contributed by atoms with Crippen molar-refractivity contribution in [2.24, 2.45) is 0 Å². The van der Waals surface area contributed by atoms with Crippen LogP contribution in [0.3, 0.4) is 0 Å². The Labute approximate surface area is 80.0 Å². The second-order valence-corrected chi connectivity index (χ2v) is 4.80. The summed E-state index contributed by atoms with van der Waals surface area (Å²) in [6.45, 7) is 6.85. The first-order valence-electron chi connectivity index (χ1n) is 4.91. The number of benzene rings is 1. The number of hydrogen-bond donors (Lipinski definition) is 1. The molecule has 0 heterocycles. The maximum Gasteiger partial charge on any atom is 0.0354 e. The van der Waals surface area contributed by atoms with Gasteiger partial charge in [-0.15, -0.1) is 0 Å². The molecule has 1 aliphatic carbocycles. The van der Waals surface area contributed by atoms with E-state index in [9.17, 15) is 0 Å². The number of nitrogen functional groups attached to an aromatic ring is 1. The maximum atomic E-state index is 6.01.